The lowest BCUT2D eigenvalue weighted by atomic mass is 10.1. The van der Waals surface area contributed by atoms with Crippen LogP contribution in [-0.4, -0.2) is 30.9 Å². The molecule has 0 spiro atoms. The molecule has 0 saturated heterocycles. The van der Waals surface area contributed by atoms with Gasteiger partial charge in [0.1, 0.15) is 6.04 Å². The molecule has 1 unspecified atom stereocenters. The van der Waals surface area contributed by atoms with Crippen LogP contribution in [-0.2, 0) is 9.53 Å². The monoisotopic (exact) mass is 271 g/mol. The van der Waals surface area contributed by atoms with Gasteiger partial charge in [0.25, 0.3) is 0 Å². The molecule has 0 aromatic heterocycles. The van der Waals surface area contributed by atoms with E-state index in [-0.39, 0.29) is 36.7 Å². The van der Waals surface area contributed by atoms with Crippen molar-refractivity contribution in [3.05, 3.63) is 35.9 Å². The fourth-order valence-corrected chi connectivity index (χ4v) is 1.47. The zero-order valence-electron chi connectivity index (χ0n) is 10.6. The Morgan fingerprint density at radius 3 is 2.44 bits per heavy atom. The van der Waals surface area contributed by atoms with Crippen LogP contribution in [0.25, 0.3) is 0 Å². The van der Waals surface area contributed by atoms with E-state index in [0.717, 1.165) is 0 Å². The minimum Gasteiger partial charge on any atom is -1.00 e. The van der Waals surface area contributed by atoms with Crippen LogP contribution >= 0.6 is 0 Å². The third-order valence-corrected chi connectivity index (χ3v) is 2.42. The molecule has 100 valence electrons. The third-order valence-electron chi connectivity index (χ3n) is 2.42. The van der Waals surface area contributed by atoms with Crippen LogP contribution in [0, 0.1) is 0 Å². The summed E-state index contributed by atoms with van der Waals surface area (Å²) in [6.45, 7) is 4.09. The summed E-state index contributed by atoms with van der Waals surface area (Å²) in [5.41, 5.74) is 0.667. The Morgan fingerprint density at radius 1 is 1.28 bits per heavy atom. The topological polar surface area (TPSA) is 60.0 Å². The Bertz CT molecular complexity index is 381. The van der Waals surface area contributed by atoms with E-state index in [0.29, 0.717) is 12.2 Å². The van der Waals surface area contributed by atoms with Gasteiger partial charge >= 0.3 is 5.97 Å². The van der Waals surface area contributed by atoms with Crippen LogP contribution in [0.15, 0.2) is 30.3 Å². The van der Waals surface area contributed by atoms with Crippen LogP contribution in [0.5, 0.6) is 0 Å². The molecule has 0 saturated carbocycles. The third kappa shape index (κ3) is 5.29. The van der Waals surface area contributed by atoms with Gasteiger partial charge < -0.3 is 22.5 Å². The molecule has 0 aliphatic rings. The molecule has 4 nitrogen and oxygen atoms in total. The Hall–Kier alpha value is -1.39. The number of rotatable bonds is 6. The van der Waals surface area contributed by atoms with Crippen LogP contribution in [0.3, 0.4) is 0 Å². The van der Waals surface area contributed by atoms with Gasteiger partial charge in [-0.25, -0.2) is 4.79 Å². The number of quaternary nitrogens is 1. The smallest absolute Gasteiger partial charge is 0.361 e. The number of Topliss-reactive ketones (excluding diaryl/α,β-unsaturated/α-hetero) is 1. The van der Waals surface area contributed by atoms with Crippen molar-refractivity contribution in [2.24, 2.45) is 0 Å². The lowest BCUT2D eigenvalue weighted by Gasteiger charge is -2.09. The molecule has 0 radical (unpaired) electrons. The number of carbonyl (C=O) groups excluding carboxylic acids is 2. The van der Waals surface area contributed by atoms with Gasteiger partial charge in [-0.15, -0.1) is 0 Å². The van der Waals surface area contributed by atoms with Crippen molar-refractivity contribution < 1.29 is 32.0 Å². The molecule has 0 aliphatic heterocycles. The molecule has 5 heteroatoms. The number of hydrogen-bond acceptors (Lipinski definition) is 3. The minimum atomic E-state index is -0.291. The molecule has 0 amide bonds. The number of ketones is 1. The van der Waals surface area contributed by atoms with Crippen molar-refractivity contribution >= 4 is 11.8 Å². The maximum absolute atomic E-state index is 11.9. The lowest BCUT2D eigenvalue weighted by molar-refractivity contribution is -0.663. The average molecular weight is 272 g/mol. The SMILES string of the molecule is CCOC(=O)C[NH2+]C(C)C(=O)c1ccccc1.[Cl-]. The van der Waals surface area contributed by atoms with Crippen molar-refractivity contribution in [1.29, 1.82) is 0 Å². The second kappa shape index (κ2) is 8.66. The first-order valence-electron chi connectivity index (χ1n) is 5.73. The number of ether oxygens (including phenoxy) is 1. The number of hydrogen-bond donors (Lipinski definition) is 1. The molecule has 0 fully saturated rings. The average Bonchev–Trinajstić information content (AvgIpc) is 2.36. The number of benzene rings is 1. The summed E-state index contributed by atoms with van der Waals surface area (Å²) in [7, 11) is 0. The van der Waals surface area contributed by atoms with Gasteiger partial charge in [-0.05, 0) is 13.8 Å². The van der Waals surface area contributed by atoms with E-state index < -0.39 is 0 Å². The Labute approximate surface area is 113 Å². The molecule has 0 bridgehead atoms. The Morgan fingerprint density at radius 2 is 1.89 bits per heavy atom. The summed E-state index contributed by atoms with van der Waals surface area (Å²) < 4.78 is 4.80. The van der Waals surface area contributed by atoms with Gasteiger partial charge in [-0.3, -0.25) is 4.79 Å². The highest BCUT2D eigenvalue weighted by Crippen LogP contribution is 2.00. The number of esters is 1. The van der Waals surface area contributed by atoms with Crippen molar-refractivity contribution in [2.75, 3.05) is 13.2 Å². The second-order valence-corrected chi connectivity index (χ2v) is 3.76. The van der Waals surface area contributed by atoms with E-state index in [1.54, 1.807) is 31.3 Å². The van der Waals surface area contributed by atoms with E-state index in [9.17, 15) is 9.59 Å². The highest BCUT2D eigenvalue weighted by Gasteiger charge is 2.19. The normalized spacial score (nSPS) is 11.2. The van der Waals surface area contributed by atoms with E-state index in [1.165, 1.54) is 0 Å². The van der Waals surface area contributed by atoms with E-state index in [2.05, 4.69) is 0 Å². The molecule has 1 rings (SSSR count). The molecular formula is C13H18ClNO3. The van der Waals surface area contributed by atoms with Gasteiger partial charge in [0.05, 0.1) is 6.61 Å². The lowest BCUT2D eigenvalue weighted by Crippen LogP contribution is -3.00. The predicted molar refractivity (Wildman–Crippen MR) is 63.7 cm³/mol. The summed E-state index contributed by atoms with van der Waals surface area (Å²) in [6, 6.07) is 8.79. The summed E-state index contributed by atoms with van der Waals surface area (Å²) in [5, 5.41) is 1.69. The van der Waals surface area contributed by atoms with Crippen molar-refractivity contribution in [2.45, 2.75) is 19.9 Å². The van der Waals surface area contributed by atoms with E-state index >= 15 is 0 Å². The molecule has 18 heavy (non-hydrogen) atoms. The van der Waals surface area contributed by atoms with Crippen LogP contribution < -0.4 is 17.7 Å². The number of carbonyl (C=O) groups is 2. The predicted octanol–water partition coefficient (Wildman–Crippen LogP) is -2.61. The fraction of sp³-hybridized carbons (Fsp3) is 0.385. The maximum Gasteiger partial charge on any atom is 0.361 e. The second-order valence-electron chi connectivity index (χ2n) is 3.76. The molecule has 1 aromatic carbocycles. The van der Waals surface area contributed by atoms with Crippen LogP contribution in [0.1, 0.15) is 24.2 Å². The highest BCUT2D eigenvalue weighted by atomic mass is 35.5. The summed E-state index contributed by atoms with van der Waals surface area (Å²) in [4.78, 5) is 23.1. The van der Waals surface area contributed by atoms with Crippen molar-refractivity contribution in [3.63, 3.8) is 0 Å². The van der Waals surface area contributed by atoms with Crippen molar-refractivity contribution in [3.8, 4) is 0 Å². The first kappa shape index (κ1) is 16.6. The van der Waals surface area contributed by atoms with Crippen LogP contribution in [0.4, 0.5) is 0 Å². The Kier molecular flexibility index (Phi) is 8.00. The fourth-order valence-electron chi connectivity index (χ4n) is 1.47. The standard InChI is InChI=1S/C13H17NO3.ClH/c1-3-17-12(15)9-14-10(2)13(16)11-7-5-4-6-8-11;/h4-8,10,14H,3,9H2,1-2H3;1H. The van der Waals surface area contributed by atoms with Gasteiger partial charge in [-0.1, -0.05) is 30.3 Å². The van der Waals surface area contributed by atoms with Gasteiger partial charge in [0.2, 0.25) is 5.78 Å². The zero-order chi connectivity index (χ0) is 12.7. The number of halogens is 1. The maximum atomic E-state index is 11.9. The molecular weight excluding hydrogens is 254 g/mol. The first-order chi connectivity index (χ1) is 8.15. The first-order valence-corrected chi connectivity index (χ1v) is 5.73. The van der Waals surface area contributed by atoms with Gasteiger partial charge in [0.15, 0.2) is 6.54 Å². The molecule has 2 N–H and O–H groups in total. The quantitative estimate of drug-likeness (QED) is 0.456. The van der Waals surface area contributed by atoms with Crippen LogP contribution in [0.2, 0.25) is 0 Å². The molecule has 0 aliphatic carbocycles. The summed E-state index contributed by atoms with van der Waals surface area (Å²) in [5.74, 6) is -0.268. The minimum absolute atomic E-state index is 0. The van der Waals surface area contributed by atoms with Gasteiger partial charge in [-0.2, -0.15) is 0 Å². The summed E-state index contributed by atoms with van der Waals surface area (Å²) >= 11 is 0. The molecule has 1 aromatic rings. The summed E-state index contributed by atoms with van der Waals surface area (Å²) in [6.07, 6.45) is 0. The van der Waals surface area contributed by atoms with Crippen molar-refractivity contribution in [1.82, 2.24) is 0 Å². The Balaban J connectivity index is 0.00000289. The van der Waals surface area contributed by atoms with E-state index in [1.807, 2.05) is 18.2 Å². The van der Waals surface area contributed by atoms with E-state index in [4.69, 9.17) is 4.74 Å². The molecule has 0 heterocycles. The number of nitrogens with two attached hydrogens (primary N) is 1. The zero-order valence-corrected chi connectivity index (χ0v) is 11.3. The van der Waals surface area contributed by atoms with Gasteiger partial charge in [0, 0.05) is 5.56 Å². The molecule has 1 atom stereocenters. The largest absolute Gasteiger partial charge is 1.00 e. The highest BCUT2D eigenvalue weighted by molar-refractivity contribution is 5.98.